The van der Waals surface area contributed by atoms with Gasteiger partial charge in [0.2, 0.25) is 5.60 Å². The Hall–Kier alpha value is 4.69. The van der Waals surface area contributed by atoms with Crippen molar-refractivity contribution in [3.05, 3.63) is 0 Å². The number of rotatable bonds is 11. The average Bonchev–Trinajstić information content (AvgIpc) is 2.34. The van der Waals surface area contributed by atoms with Gasteiger partial charge in [-0.25, -0.2) is 9.59 Å². The molecule has 1 unspecified atom stereocenters. The van der Waals surface area contributed by atoms with Crippen molar-refractivity contribution in [1.29, 1.82) is 0 Å². The van der Waals surface area contributed by atoms with Gasteiger partial charge >= 0.3 is 279 Å². The van der Waals surface area contributed by atoms with Crippen molar-refractivity contribution in [2.24, 2.45) is 0 Å². The fourth-order valence-electron chi connectivity index (χ4n) is 1.77. The zero-order valence-corrected chi connectivity index (χ0v) is 33.7. The van der Waals surface area contributed by atoms with E-state index in [1.165, 1.54) is 0 Å². The van der Waals surface area contributed by atoms with Crippen LogP contribution in [-0.2, 0) is 33.5 Å². The first-order chi connectivity index (χ1) is 11.2. The largest absolute Gasteiger partial charge is 1.00 e. The van der Waals surface area contributed by atoms with Crippen molar-refractivity contribution in [2.75, 3.05) is 0 Å². The number of ether oxygens (including phenoxy) is 1. The third-order valence-corrected chi connectivity index (χ3v) is 2.85. The number of carboxylic acids is 5. The van der Waals surface area contributed by atoms with Crippen LogP contribution in [0, 0.1) is 0 Å². The molecule has 0 amide bonds. The Bertz CT molecular complexity index is 642. The SMILES string of the molecule is O=C(O)CC(O)(CC(=O)OC(CC(=O)O)(CC(=O)O)C(=O)O)C(=O)O.[H-].[H-].[H-].[H-].[H-].[H-].[K+].[K+].[K+].[Na+].[Na+].[Na+]. The van der Waals surface area contributed by atoms with Crippen molar-refractivity contribution in [2.45, 2.75) is 36.9 Å². The summed E-state index contributed by atoms with van der Waals surface area (Å²) in [5, 5.41) is 53.5. The summed E-state index contributed by atoms with van der Waals surface area (Å²) in [6, 6.07) is 0. The molecule has 19 heteroatoms. The van der Waals surface area contributed by atoms with E-state index in [2.05, 4.69) is 4.74 Å². The Morgan fingerprint density at radius 1 is 0.613 bits per heavy atom. The Morgan fingerprint density at radius 3 is 1.16 bits per heavy atom. The molecular formula is C12H20K3Na3O13. The smallest absolute Gasteiger partial charge is 1.00 e. The average molecular weight is 559 g/mol. The molecule has 0 aromatic rings. The Labute approximate surface area is 379 Å². The molecule has 0 fully saturated rings. The Morgan fingerprint density at radius 2 is 0.935 bits per heavy atom. The van der Waals surface area contributed by atoms with E-state index < -0.39 is 72.7 Å². The molecule has 0 saturated carbocycles. The zero-order valence-electron chi connectivity index (χ0n) is 24.4. The van der Waals surface area contributed by atoms with Gasteiger partial charge in [0.15, 0.2) is 5.60 Å². The van der Waals surface area contributed by atoms with Crippen LogP contribution < -0.4 is 243 Å². The summed E-state index contributed by atoms with van der Waals surface area (Å²) >= 11 is 0. The molecule has 0 spiro atoms. The van der Waals surface area contributed by atoms with Crippen molar-refractivity contribution < 1.29 is 316 Å². The summed E-state index contributed by atoms with van der Waals surface area (Å²) < 4.78 is 4.33. The fraction of sp³-hybridized carbons (Fsp3) is 0.500. The monoisotopic (exact) mass is 558 g/mol. The minimum Gasteiger partial charge on any atom is -1.00 e. The number of carbonyl (C=O) groups excluding carboxylic acids is 1. The molecule has 0 aliphatic rings. The minimum absolute atomic E-state index is 0. The molecule has 13 nitrogen and oxygen atoms in total. The van der Waals surface area contributed by atoms with Gasteiger partial charge in [-0.2, -0.15) is 0 Å². The number of aliphatic carboxylic acids is 5. The van der Waals surface area contributed by atoms with Crippen LogP contribution in [0.5, 0.6) is 0 Å². The molecule has 0 rings (SSSR count). The van der Waals surface area contributed by atoms with Crippen molar-refractivity contribution in [3.63, 3.8) is 0 Å². The van der Waals surface area contributed by atoms with Gasteiger partial charge in [0.05, 0.1) is 25.7 Å². The third kappa shape index (κ3) is 21.3. The topological polar surface area (TPSA) is 233 Å². The molecule has 0 aromatic carbocycles. The maximum absolute atomic E-state index is 11.7. The van der Waals surface area contributed by atoms with Gasteiger partial charge in [-0.1, -0.05) is 0 Å². The second-order valence-corrected chi connectivity index (χ2v) is 5.00. The molecule has 0 heterocycles. The van der Waals surface area contributed by atoms with Crippen LogP contribution in [0.25, 0.3) is 0 Å². The molecule has 152 valence electrons. The van der Waals surface area contributed by atoms with Crippen LogP contribution in [0.3, 0.4) is 0 Å². The van der Waals surface area contributed by atoms with Crippen LogP contribution in [0.15, 0.2) is 0 Å². The summed E-state index contributed by atoms with van der Waals surface area (Å²) in [6.07, 6.45) is -5.94. The number of esters is 1. The molecule has 0 saturated heterocycles. The molecule has 0 aliphatic carbocycles. The summed E-state index contributed by atoms with van der Waals surface area (Å²) in [5.41, 5.74) is -6.24. The molecule has 0 radical (unpaired) electrons. The Kier molecular flexibility index (Phi) is 42.1. The van der Waals surface area contributed by atoms with Gasteiger partial charge in [0.1, 0.15) is 0 Å². The van der Waals surface area contributed by atoms with Crippen LogP contribution >= 0.6 is 0 Å². The van der Waals surface area contributed by atoms with E-state index in [1.54, 1.807) is 0 Å². The normalized spacial score (nSPS) is 10.7. The first-order valence-corrected chi connectivity index (χ1v) is 6.30. The van der Waals surface area contributed by atoms with E-state index in [-0.39, 0.29) is 251 Å². The van der Waals surface area contributed by atoms with Crippen molar-refractivity contribution in [1.82, 2.24) is 0 Å². The van der Waals surface area contributed by atoms with Gasteiger partial charge in [0, 0.05) is 0 Å². The van der Waals surface area contributed by atoms with E-state index in [0.717, 1.165) is 0 Å². The van der Waals surface area contributed by atoms with Crippen LogP contribution in [0.4, 0.5) is 0 Å². The summed E-state index contributed by atoms with van der Waals surface area (Å²) in [4.78, 5) is 66.0. The van der Waals surface area contributed by atoms with Crippen LogP contribution in [-0.4, -0.2) is 77.7 Å². The first kappa shape index (κ1) is 52.2. The third-order valence-electron chi connectivity index (χ3n) is 2.85. The summed E-state index contributed by atoms with van der Waals surface area (Å²) in [6.45, 7) is 0. The molecule has 31 heavy (non-hydrogen) atoms. The predicted molar refractivity (Wildman–Crippen MR) is 77.1 cm³/mol. The van der Waals surface area contributed by atoms with Gasteiger partial charge in [-0.3, -0.25) is 19.2 Å². The second kappa shape index (κ2) is 25.0. The standard InChI is InChI=1S/C12H14O13.3K.3Na.6H/c13-5(14)1-11(24,9(20)21)4-8(19)25-12(10(22)23,2-6(15)16)3-7(17)18;;;;;;;;;;;;/h24H,1-4H2,(H,13,14)(H,15,16)(H,17,18)(H,20,21)(H,22,23);;;;;;;;;;;;/q;6*+1;6*-1. The number of hydrogen-bond donors (Lipinski definition) is 6. The molecular weight excluding hydrogens is 538 g/mol. The van der Waals surface area contributed by atoms with E-state index in [0.29, 0.717) is 0 Å². The number of aliphatic hydroxyl groups is 1. The van der Waals surface area contributed by atoms with Gasteiger partial charge in [0.25, 0.3) is 0 Å². The van der Waals surface area contributed by atoms with Crippen LogP contribution in [0.1, 0.15) is 34.2 Å². The van der Waals surface area contributed by atoms with Crippen molar-refractivity contribution in [3.8, 4) is 0 Å². The molecule has 0 bridgehead atoms. The fourth-order valence-corrected chi connectivity index (χ4v) is 1.77. The molecule has 0 aliphatic heterocycles. The molecule has 6 N–H and O–H groups in total. The molecule has 0 aromatic heterocycles. The number of carboxylic acid groups (broad SMARTS) is 5. The van der Waals surface area contributed by atoms with Crippen LogP contribution in [0.2, 0.25) is 0 Å². The van der Waals surface area contributed by atoms with Crippen molar-refractivity contribution >= 4 is 35.8 Å². The number of carbonyl (C=O) groups is 6. The van der Waals surface area contributed by atoms with E-state index in [1.807, 2.05) is 0 Å². The van der Waals surface area contributed by atoms with E-state index in [9.17, 15) is 33.9 Å². The minimum atomic E-state index is -3.17. The van der Waals surface area contributed by atoms with Gasteiger partial charge in [-0.05, 0) is 0 Å². The Balaban J connectivity index is -0.0000000436. The number of hydrogen-bond acceptors (Lipinski definition) is 8. The van der Waals surface area contributed by atoms with Gasteiger partial charge in [-0.15, -0.1) is 0 Å². The summed E-state index contributed by atoms with van der Waals surface area (Å²) in [7, 11) is 0. The predicted octanol–water partition coefficient (Wildman–Crippen LogP) is -19.3. The zero-order chi connectivity index (χ0) is 20.0. The quantitative estimate of drug-likeness (QED) is 0.102. The maximum Gasteiger partial charge on any atom is 1.00 e. The second-order valence-electron chi connectivity index (χ2n) is 5.00. The first-order valence-electron chi connectivity index (χ1n) is 6.30. The molecule has 1 atom stereocenters. The van der Waals surface area contributed by atoms with E-state index >= 15 is 0 Å². The summed E-state index contributed by atoms with van der Waals surface area (Å²) in [5.74, 6) is -11.6. The maximum atomic E-state index is 11.7. The van der Waals surface area contributed by atoms with E-state index in [4.69, 9.17) is 25.5 Å². The van der Waals surface area contributed by atoms with Gasteiger partial charge < -0.3 is 43.9 Å².